The summed E-state index contributed by atoms with van der Waals surface area (Å²) in [6.07, 6.45) is 0.270. The maximum Gasteiger partial charge on any atom is 0.226 e. The lowest BCUT2D eigenvalue weighted by Crippen LogP contribution is -2.25. The van der Waals surface area contributed by atoms with Crippen molar-refractivity contribution < 1.29 is 4.79 Å². The minimum atomic E-state index is -0.260. The summed E-state index contributed by atoms with van der Waals surface area (Å²) in [4.78, 5) is 12.8. The molecule has 0 saturated carbocycles. The summed E-state index contributed by atoms with van der Waals surface area (Å²) in [5.41, 5.74) is 5.59. The Morgan fingerprint density at radius 2 is 1.71 bits per heavy atom. The molecule has 4 aromatic rings. The van der Waals surface area contributed by atoms with Gasteiger partial charge < -0.3 is 5.32 Å². The van der Waals surface area contributed by atoms with E-state index in [4.69, 9.17) is 28.3 Å². The van der Waals surface area contributed by atoms with Gasteiger partial charge >= 0.3 is 0 Å². The van der Waals surface area contributed by atoms with Crippen molar-refractivity contribution in [1.29, 1.82) is 0 Å². The molecule has 1 atom stereocenters. The summed E-state index contributed by atoms with van der Waals surface area (Å²) in [5.74, 6) is 0.325. The van der Waals surface area contributed by atoms with Crippen molar-refractivity contribution in [2.75, 3.05) is 5.32 Å². The van der Waals surface area contributed by atoms with E-state index < -0.39 is 0 Å². The predicted octanol–water partition coefficient (Wildman–Crippen LogP) is 6.63. The van der Waals surface area contributed by atoms with E-state index in [-0.39, 0.29) is 18.2 Å². The van der Waals surface area contributed by atoms with E-state index in [0.29, 0.717) is 15.9 Å². The Balaban J connectivity index is 1.79. The van der Waals surface area contributed by atoms with Crippen molar-refractivity contribution in [3.8, 4) is 16.9 Å². The zero-order chi connectivity index (χ0) is 21.5. The number of aromatic nitrogens is 2. The number of hydrogen-bond donors (Lipinski definition) is 1. The van der Waals surface area contributed by atoms with Crippen LogP contribution >= 0.6 is 23.2 Å². The van der Waals surface area contributed by atoms with Crippen LogP contribution in [0.5, 0.6) is 0 Å². The fraction of sp³-hybridized carbons (Fsp3) is 0.120. The first-order chi connectivity index (χ1) is 15.0. The van der Waals surface area contributed by atoms with Crippen molar-refractivity contribution in [1.82, 2.24) is 9.78 Å². The van der Waals surface area contributed by atoms with Crippen molar-refractivity contribution in [3.63, 3.8) is 0 Å². The van der Waals surface area contributed by atoms with Gasteiger partial charge in [-0.05, 0) is 30.7 Å². The molecule has 1 amide bonds. The highest BCUT2D eigenvalue weighted by atomic mass is 35.5. The number of rotatable bonds is 3. The second-order valence-corrected chi connectivity index (χ2v) is 8.46. The Morgan fingerprint density at radius 1 is 0.968 bits per heavy atom. The number of anilines is 1. The Bertz CT molecular complexity index is 1280. The van der Waals surface area contributed by atoms with E-state index in [1.165, 1.54) is 0 Å². The Morgan fingerprint density at radius 3 is 2.45 bits per heavy atom. The normalized spacial score (nSPS) is 15.5. The molecule has 31 heavy (non-hydrogen) atoms. The van der Waals surface area contributed by atoms with Crippen LogP contribution in [-0.4, -0.2) is 15.7 Å². The quantitative estimate of drug-likeness (QED) is 0.383. The van der Waals surface area contributed by atoms with Crippen LogP contribution in [-0.2, 0) is 4.79 Å². The van der Waals surface area contributed by atoms with E-state index >= 15 is 0 Å². The molecule has 0 radical (unpaired) electrons. The molecule has 0 fully saturated rings. The average Bonchev–Trinajstić information content (AvgIpc) is 3.16. The van der Waals surface area contributed by atoms with Crippen LogP contribution in [0.1, 0.15) is 29.0 Å². The number of halogens is 2. The third-order valence-corrected chi connectivity index (χ3v) is 6.43. The Labute approximate surface area is 190 Å². The van der Waals surface area contributed by atoms with Crippen molar-refractivity contribution in [3.05, 3.63) is 99.5 Å². The SMILES string of the molecule is Cc1ccc(-n2nc(-c3ccccc3)c3c2NC(=O)CC3c2cccc(Cl)c2Cl)cc1. The Hall–Kier alpha value is -3.08. The number of benzene rings is 3. The standard InChI is InChI=1S/C25H19Cl2N3O/c1-15-10-12-17(13-11-15)30-25-22(24(29-30)16-6-3-2-4-7-16)19(14-21(31)28-25)18-8-5-9-20(26)23(18)27/h2-13,19H,14H2,1H3,(H,28,31). The highest BCUT2D eigenvalue weighted by Crippen LogP contribution is 2.46. The average molecular weight is 448 g/mol. The van der Waals surface area contributed by atoms with Crippen LogP contribution in [0.25, 0.3) is 16.9 Å². The zero-order valence-electron chi connectivity index (χ0n) is 16.8. The summed E-state index contributed by atoms with van der Waals surface area (Å²) >= 11 is 12.9. The molecule has 1 aliphatic rings. The monoisotopic (exact) mass is 447 g/mol. The molecule has 0 aliphatic carbocycles. The van der Waals surface area contributed by atoms with Crippen LogP contribution in [0.15, 0.2) is 72.8 Å². The molecular weight excluding hydrogens is 429 g/mol. The number of nitrogens with one attached hydrogen (secondary N) is 1. The lowest BCUT2D eigenvalue weighted by atomic mass is 9.84. The van der Waals surface area contributed by atoms with E-state index in [2.05, 4.69) is 5.32 Å². The second kappa shape index (κ2) is 7.88. The molecule has 0 spiro atoms. The van der Waals surface area contributed by atoms with E-state index in [9.17, 15) is 4.79 Å². The van der Waals surface area contributed by atoms with Gasteiger partial charge in [0.1, 0.15) is 5.82 Å². The molecule has 1 N–H and O–H groups in total. The van der Waals surface area contributed by atoms with Gasteiger partial charge in [-0.1, -0.05) is 83.4 Å². The van der Waals surface area contributed by atoms with Crippen molar-refractivity contribution in [2.24, 2.45) is 0 Å². The highest BCUT2D eigenvalue weighted by molar-refractivity contribution is 6.42. The Kier molecular flexibility index (Phi) is 5.05. The molecule has 154 valence electrons. The molecule has 1 unspecified atom stereocenters. The molecule has 1 aliphatic heterocycles. The predicted molar refractivity (Wildman–Crippen MR) is 125 cm³/mol. The largest absolute Gasteiger partial charge is 0.310 e. The first-order valence-corrected chi connectivity index (χ1v) is 10.8. The molecule has 0 bridgehead atoms. The van der Waals surface area contributed by atoms with Gasteiger partial charge in [0, 0.05) is 23.5 Å². The maximum atomic E-state index is 12.8. The third-order valence-electron chi connectivity index (χ3n) is 5.60. The van der Waals surface area contributed by atoms with Crippen LogP contribution < -0.4 is 5.32 Å². The molecular formula is C25H19Cl2N3O. The summed E-state index contributed by atoms with van der Waals surface area (Å²) in [6.45, 7) is 2.04. The van der Waals surface area contributed by atoms with E-state index in [1.54, 1.807) is 10.7 Å². The molecule has 0 saturated heterocycles. The number of carbonyl (C=O) groups is 1. The lowest BCUT2D eigenvalue weighted by molar-refractivity contribution is -0.116. The van der Waals surface area contributed by atoms with E-state index in [1.807, 2.05) is 73.7 Å². The zero-order valence-corrected chi connectivity index (χ0v) is 18.3. The highest BCUT2D eigenvalue weighted by Gasteiger charge is 2.35. The molecule has 6 heteroatoms. The molecule has 2 heterocycles. The minimum absolute atomic E-state index is 0.0820. The first-order valence-electron chi connectivity index (χ1n) is 10.0. The first kappa shape index (κ1) is 19.9. The summed E-state index contributed by atoms with van der Waals surface area (Å²) in [6, 6.07) is 23.6. The van der Waals surface area contributed by atoms with Crippen molar-refractivity contribution >= 4 is 34.9 Å². The maximum absolute atomic E-state index is 12.8. The molecule has 1 aromatic heterocycles. The van der Waals surface area contributed by atoms with Gasteiger partial charge in [-0.15, -0.1) is 0 Å². The number of carbonyl (C=O) groups excluding carboxylic acids is 1. The van der Waals surface area contributed by atoms with Crippen LogP contribution in [0, 0.1) is 6.92 Å². The molecule has 4 nitrogen and oxygen atoms in total. The van der Waals surface area contributed by atoms with Gasteiger partial charge in [0.25, 0.3) is 0 Å². The summed E-state index contributed by atoms with van der Waals surface area (Å²) < 4.78 is 1.81. The van der Waals surface area contributed by atoms with Gasteiger partial charge in [-0.2, -0.15) is 5.10 Å². The van der Waals surface area contributed by atoms with Crippen LogP contribution in [0.4, 0.5) is 5.82 Å². The van der Waals surface area contributed by atoms with Gasteiger partial charge in [0.2, 0.25) is 5.91 Å². The number of fused-ring (bicyclic) bond motifs is 1. The summed E-state index contributed by atoms with van der Waals surface area (Å²) in [5, 5.41) is 8.94. The number of hydrogen-bond acceptors (Lipinski definition) is 2. The number of nitrogens with zero attached hydrogens (tertiary/aromatic N) is 2. The number of amides is 1. The van der Waals surface area contributed by atoms with Gasteiger partial charge in [0.05, 0.1) is 21.4 Å². The third kappa shape index (κ3) is 3.52. The van der Waals surface area contributed by atoms with E-state index in [0.717, 1.165) is 33.6 Å². The number of aryl methyl sites for hydroxylation is 1. The van der Waals surface area contributed by atoms with Crippen LogP contribution in [0.2, 0.25) is 10.0 Å². The van der Waals surface area contributed by atoms with Crippen molar-refractivity contribution in [2.45, 2.75) is 19.3 Å². The molecule has 3 aromatic carbocycles. The van der Waals surface area contributed by atoms with Gasteiger partial charge in [-0.3, -0.25) is 4.79 Å². The fourth-order valence-electron chi connectivity index (χ4n) is 4.09. The lowest BCUT2D eigenvalue weighted by Gasteiger charge is -2.25. The molecule has 5 rings (SSSR count). The van der Waals surface area contributed by atoms with Crippen LogP contribution in [0.3, 0.4) is 0 Å². The minimum Gasteiger partial charge on any atom is -0.310 e. The topological polar surface area (TPSA) is 46.9 Å². The fourth-order valence-corrected chi connectivity index (χ4v) is 4.53. The summed E-state index contributed by atoms with van der Waals surface area (Å²) in [7, 11) is 0. The van der Waals surface area contributed by atoms with Gasteiger partial charge in [0.15, 0.2) is 0 Å². The second-order valence-electron chi connectivity index (χ2n) is 7.67. The van der Waals surface area contributed by atoms with Gasteiger partial charge in [-0.25, -0.2) is 4.68 Å². The smallest absolute Gasteiger partial charge is 0.226 e.